The lowest BCUT2D eigenvalue weighted by atomic mass is 9.76. The number of carbonyl (C=O) groups is 1. The Labute approximate surface area is 211 Å². The van der Waals surface area contributed by atoms with E-state index in [1.165, 1.54) is 10.4 Å². The van der Waals surface area contributed by atoms with Crippen LogP contribution in [0.5, 0.6) is 0 Å². The van der Waals surface area contributed by atoms with Gasteiger partial charge in [0, 0.05) is 51.9 Å². The van der Waals surface area contributed by atoms with Gasteiger partial charge in [-0.15, -0.1) is 11.3 Å². The van der Waals surface area contributed by atoms with Crippen LogP contribution in [-0.4, -0.2) is 42.8 Å². The first-order chi connectivity index (χ1) is 16.5. The van der Waals surface area contributed by atoms with E-state index in [2.05, 4.69) is 30.1 Å². The number of piperidine rings is 1. The Bertz CT molecular complexity index is 1020. The van der Waals surface area contributed by atoms with Crippen molar-refractivity contribution in [2.75, 3.05) is 19.7 Å². The number of aryl methyl sites for hydroxylation is 1. The summed E-state index contributed by atoms with van der Waals surface area (Å²) in [6.45, 7) is 7.82. The molecular formula is C27H35ClN2O3S. The van der Waals surface area contributed by atoms with E-state index >= 15 is 0 Å². The highest BCUT2D eigenvalue weighted by molar-refractivity contribution is 7.12. The van der Waals surface area contributed by atoms with Crippen molar-refractivity contribution in [3.8, 4) is 0 Å². The molecule has 1 aromatic heterocycles. The SMILES string of the molecule is CCc1cc2c(s1)CCO[C@@]21CCN(C[C@H]2C[C@@H](NC(=O)OCc3ccccc3Cl)C2)[C@@H](C)C1. The first kappa shape index (κ1) is 24.1. The number of hydrogen-bond donors (Lipinski definition) is 1. The predicted octanol–water partition coefficient (Wildman–Crippen LogP) is 5.92. The number of likely N-dealkylation sites (tertiary alicyclic amines) is 1. The molecule has 7 heteroatoms. The molecule has 1 amide bonds. The molecule has 1 spiro atoms. The molecule has 1 aromatic carbocycles. The molecular weight excluding hydrogens is 468 g/mol. The molecule has 1 N–H and O–H groups in total. The number of ether oxygens (including phenoxy) is 2. The van der Waals surface area contributed by atoms with Crippen molar-refractivity contribution < 1.29 is 14.3 Å². The van der Waals surface area contributed by atoms with E-state index in [-0.39, 0.29) is 24.3 Å². The molecule has 1 saturated heterocycles. The van der Waals surface area contributed by atoms with Gasteiger partial charge in [0.25, 0.3) is 0 Å². The average Bonchev–Trinajstić information content (AvgIpc) is 3.24. The smallest absolute Gasteiger partial charge is 0.407 e. The second-order valence-corrected chi connectivity index (χ2v) is 11.8. The first-order valence-electron chi connectivity index (χ1n) is 12.6. The van der Waals surface area contributed by atoms with E-state index in [1.54, 1.807) is 10.9 Å². The van der Waals surface area contributed by atoms with E-state index in [0.717, 1.165) is 63.8 Å². The van der Waals surface area contributed by atoms with E-state index in [4.69, 9.17) is 21.1 Å². The van der Waals surface area contributed by atoms with Crippen molar-refractivity contribution in [2.24, 2.45) is 5.92 Å². The van der Waals surface area contributed by atoms with E-state index in [1.807, 2.05) is 29.5 Å². The second kappa shape index (κ2) is 10.2. The van der Waals surface area contributed by atoms with Crippen molar-refractivity contribution in [3.05, 3.63) is 56.2 Å². The van der Waals surface area contributed by atoms with Crippen LogP contribution in [0, 0.1) is 5.92 Å². The molecule has 1 saturated carbocycles. The van der Waals surface area contributed by atoms with Gasteiger partial charge in [-0.25, -0.2) is 4.79 Å². The number of rotatable bonds is 6. The summed E-state index contributed by atoms with van der Waals surface area (Å²) in [4.78, 5) is 17.9. The number of benzene rings is 1. The summed E-state index contributed by atoms with van der Waals surface area (Å²) >= 11 is 8.12. The fraction of sp³-hybridized carbons (Fsp3) is 0.593. The monoisotopic (exact) mass is 502 g/mol. The lowest BCUT2D eigenvalue weighted by molar-refractivity contribution is -0.114. The van der Waals surface area contributed by atoms with Crippen LogP contribution in [0.25, 0.3) is 0 Å². The molecule has 2 fully saturated rings. The van der Waals surface area contributed by atoms with Crippen LogP contribution in [-0.2, 0) is 34.5 Å². The quantitative estimate of drug-likeness (QED) is 0.532. The van der Waals surface area contributed by atoms with Gasteiger partial charge in [-0.3, -0.25) is 0 Å². The Kier molecular flexibility index (Phi) is 7.22. The van der Waals surface area contributed by atoms with Gasteiger partial charge in [-0.1, -0.05) is 36.7 Å². The minimum atomic E-state index is -0.357. The maximum Gasteiger partial charge on any atom is 0.407 e. The minimum absolute atomic E-state index is 0.0808. The molecule has 0 unspecified atom stereocenters. The van der Waals surface area contributed by atoms with Gasteiger partial charge in [0.15, 0.2) is 0 Å². The van der Waals surface area contributed by atoms with Crippen molar-refractivity contribution in [2.45, 2.75) is 76.7 Å². The topological polar surface area (TPSA) is 50.8 Å². The molecule has 184 valence electrons. The van der Waals surface area contributed by atoms with Crippen LogP contribution >= 0.6 is 22.9 Å². The zero-order valence-corrected chi connectivity index (χ0v) is 21.7. The van der Waals surface area contributed by atoms with Crippen LogP contribution in [0.2, 0.25) is 5.02 Å². The third-order valence-corrected chi connectivity index (χ3v) is 9.53. The van der Waals surface area contributed by atoms with Crippen molar-refractivity contribution in [1.29, 1.82) is 0 Å². The summed E-state index contributed by atoms with van der Waals surface area (Å²) in [7, 11) is 0. The minimum Gasteiger partial charge on any atom is -0.445 e. The number of carbonyl (C=O) groups excluding carboxylic acids is 1. The van der Waals surface area contributed by atoms with Crippen LogP contribution in [0.3, 0.4) is 0 Å². The van der Waals surface area contributed by atoms with E-state index < -0.39 is 0 Å². The number of thiophene rings is 1. The van der Waals surface area contributed by atoms with Crippen molar-refractivity contribution >= 4 is 29.0 Å². The van der Waals surface area contributed by atoms with Gasteiger partial charge < -0.3 is 19.7 Å². The third-order valence-electron chi connectivity index (χ3n) is 7.83. The molecule has 0 bridgehead atoms. The number of amides is 1. The zero-order chi connectivity index (χ0) is 23.7. The van der Waals surface area contributed by atoms with Gasteiger partial charge in [-0.2, -0.15) is 0 Å². The van der Waals surface area contributed by atoms with Gasteiger partial charge in [-0.05, 0) is 62.6 Å². The number of alkyl carbamates (subject to hydrolysis) is 1. The van der Waals surface area contributed by atoms with Gasteiger partial charge in [0.05, 0.1) is 12.2 Å². The standard InChI is InChI=1S/C27H35ClN2O3S/c1-3-22-14-23-25(34-22)8-11-33-27(23)9-10-30(18(2)15-27)16-19-12-21(13-19)29-26(31)32-17-20-6-4-5-7-24(20)28/h4-7,14,18-19,21H,3,8-13,15-17H2,1-2H3,(H,29,31)/t18-,19-,21+,27+/m0/s1. The van der Waals surface area contributed by atoms with Crippen LogP contribution in [0.1, 0.15) is 60.4 Å². The van der Waals surface area contributed by atoms with Gasteiger partial charge in [0.1, 0.15) is 6.61 Å². The summed E-state index contributed by atoms with van der Waals surface area (Å²) in [6.07, 6.45) is 6.00. The Hall–Kier alpha value is -1.60. The first-order valence-corrected chi connectivity index (χ1v) is 13.8. The highest BCUT2D eigenvalue weighted by Gasteiger charge is 2.45. The highest BCUT2D eigenvalue weighted by atomic mass is 35.5. The number of hydrogen-bond acceptors (Lipinski definition) is 5. The Morgan fingerprint density at radius 2 is 2.18 bits per heavy atom. The van der Waals surface area contributed by atoms with Crippen molar-refractivity contribution in [1.82, 2.24) is 10.2 Å². The Morgan fingerprint density at radius 3 is 2.94 bits per heavy atom. The maximum absolute atomic E-state index is 12.2. The van der Waals surface area contributed by atoms with Crippen LogP contribution < -0.4 is 5.32 Å². The Balaban J connectivity index is 1.07. The molecule has 0 radical (unpaired) electrons. The largest absolute Gasteiger partial charge is 0.445 e. The Morgan fingerprint density at radius 1 is 1.35 bits per heavy atom. The molecule has 2 aliphatic heterocycles. The fourth-order valence-electron chi connectivity index (χ4n) is 5.85. The molecule has 1 aliphatic carbocycles. The van der Waals surface area contributed by atoms with Crippen LogP contribution in [0.15, 0.2) is 30.3 Å². The summed E-state index contributed by atoms with van der Waals surface area (Å²) in [6, 6.07) is 10.6. The van der Waals surface area contributed by atoms with Gasteiger partial charge in [0.2, 0.25) is 0 Å². The van der Waals surface area contributed by atoms with E-state index in [0.29, 0.717) is 17.0 Å². The highest BCUT2D eigenvalue weighted by Crippen LogP contribution is 2.46. The zero-order valence-electron chi connectivity index (χ0n) is 20.1. The third kappa shape index (κ3) is 5.01. The van der Waals surface area contributed by atoms with Gasteiger partial charge >= 0.3 is 6.09 Å². The summed E-state index contributed by atoms with van der Waals surface area (Å²) < 4.78 is 11.8. The molecule has 3 aliphatic rings. The van der Waals surface area contributed by atoms with E-state index in [9.17, 15) is 4.79 Å². The molecule has 2 aromatic rings. The predicted molar refractivity (Wildman–Crippen MR) is 137 cm³/mol. The second-order valence-electron chi connectivity index (χ2n) is 10.1. The lowest BCUT2D eigenvalue weighted by Crippen LogP contribution is -2.54. The van der Waals surface area contributed by atoms with Crippen molar-refractivity contribution in [3.63, 3.8) is 0 Å². The summed E-state index contributed by atoms with van der Waals surface area (Å²) in [5, 5.41) is 3.63. The molecule has 34 heavy (non-hydrogen) atoms. The normalized spacial score (nSPS) is 28.9. The number of fused-ring (bicyclic) bond motifs is 2. The summed E-state index contributed by atoms with van der Waals surface area (Å²) in [5.41, 5.74) is 2.23. The number of nitrogens with zero attached hydrogens (tertiary/aromatic N) is 1. The number of halogens is 1. The lowest BCUT2D eigenvalue weighted by Gasteiger charge is -2.49. The molecule has 5 nitrogen and oxygen atoms in total. The fourth-order valence-corrected chi connectivity index (χ4v) is 7.22. The number of nitrogens with one attached hydrogen (secondary N) is 1. The molecule has 5 rings (SSSR count). The summed E-state index contributed by atoms with van der Waals surface area (Å²) in [5.74, 6) is 0.626. The average molecular weight is 503 g/mol. The maximum atomic E-state index is 12.2. The van der Waals surface area contributed by atoms with Crippen LogP contribution in [0.4, 0.5) is 4.79 Å². The molecule has 3 heterocycles. The molecule has 2 atom stereocenters.